The summed E-state index contributed by atoms with van der Waals surface area (Å²) in [4.78, 5) is 0. The van der Waals surface area contributed by atoms with Crippen LogP contribution in [0.1, 0.15) is 38.9 Å². The van der Waals surface area contributed by atoms with Crippen molar-refractivity contribution >= 4 is 63.7 Å². The summed E-state index contributed by atoms with van der Waals surface area (Å²) in [5, 5.41) is 0.931. The van der Waals surface area contributed by atoms with E-state index in [-0.39, 0.29) is 5.41 Å². The molecule has 4 heteroatoms. The molecule has 0 atom stereocenters. The van der Waals surface area contributed by atoms with E-state index >= 15 is 0 Å². The van der Waals surface area contributed by atoms with Gasteiger partial charge in [-0.05, 0) is 117 Å². The Labute approximate surface area is 335 Å². The number of alkyl halides is 1. The highest BCUT2D eigenvalue weighted by Crippen LogP contribution is 2.52. The number of hydrogen-bond donors (Lipinski definition) is 0. The molecule has 0 aromatic heterocycles. The molecule has 51 heavy (non-hydrogen) atoms. The van der Waals surface area contributed by atoms with Crippen LogP contribution in [0.3, 0.4) is 0 Å². The number of fused-ring (bicyclic) bond motifs is 6. The Kier molecular flexibility index (Phi) is 11.5. The topological polar surface area (TPSA) is 0 Å². The van der Waals surface area contributed by atoms with Crippen molar-refractivity contribution in [3.05, 3.63) is 222 Å². The molecule has 0 N–H and O–H groups in total. The summed E-state index contributed by atoms with van der Waals surface area (Å²) in [6.07, 6.45) is 3.06. The van der Waals surface area contributed by atoms with Crippen molar-refractivity contribution < 1.29 is 0 Å². The minimum absolute atomic E-state index is 0.0746. The molecular weight excluding hydrogens is 884 g/mol. The zero-order valence-corrected chi connectivity index (χ0v) is 34.4. The van der Waals surface area contributed by atoms with Crippen LogP contribution in [-0.2, 0) is 30.0 Å². The molecule has 7 aromatic rings. The lowest BCUT2D eigenvalue weighted by Gasteiger charge is -2.33. The Morgan fingerprint density at radius 1 is 0.373 bits per heavy atom. The second kappa shape index (κ2) is 16.4. The summed E-state index contributed by atoms with van der Waals surface area (Å²) in [5.74, 6) is 0. The summed E-state index contributed by atoms with van der Waals surface area (Å²) in [6, 6.07) is 61.0. The first-order chi connectivity index (χ1) is 24.9. The van der Waals surface area contributed by atoms with E-state index in [2.05, 4.69) is 221 Å². The Bertz CT molecular complexity index is 2100. The molecule has 2 aliphatic carbocycles. The summed E-state index contributed by atoms with van der Waals surface area (Å²) < 4.78 is 3.37. The number of hydrogen-bond acceptors (Lipinski definition) is 0. The van der Waals surface area contributed by atoms with E-state index in [1.807, 2.05) is 12.1 Å². The van der Waals surface area contributed by atoms with E-state index in [0.717, 1.165) is 38.0 Å². The van der Waals surface area contributed by atoms with Crippen molar-refractivity contribution in [1.29, 1.82) is 0 Å². The van der Waals surface area contributed by atoms with E-state index in [9.17, 15) is 0 Å². The number of halogens is 4. The Morgan fingerprint density at radius 2 is 0.706 bits per heavy atom. The zero-order chi connectivity index (χ0) is 35.2. The van der Waals surface area contributed by atoms with Crippen molar-refractivity contribution in [2.75, 3.05) is 0 Å². The third-order valence-corrected chi connectivity index (χ3v) is 12.0. The highest BCUT2D eigenvalue weighted by atomic mass is 79.9. The fourth-order valence-corrected chi connectivity index (χ4v) is 8.58. The Morgan fingerprint density at radius 3 is 1.10 bits per heavy atom. The fraction of sp³-hybridized carbons (Fsp3) is 0.106. The van der Waals surface area contributed by atoms with Gasteiger partial charge in [-0.3, -0.25) is 0 Å². The lowest BCUT2D eigenvalue weighted by molar-refractivity contribution is 0.520. The lowest BCUT2D eigenvalue weighted by atomic mass is 9.69. The van der Waals surface area contributed by atoms with Gasteiger partial charge in [-0.2, -0.15) is 0 Å². The van der Waals surface area contributed by atoms with Gasteiger partial charge >= 0.3 is 0 Å². The van der Waals surface area contributed by atoms with Crippen molar-refractivity contribution in [2.45, 2.75) is 30.0 Å². The van der Waals surface area contributed by atoms with Crippen LogP contribution in [0.4, 0.5) is 0 Å². The van der Waals surface area contributed by atoms with Gasteiger partial charge in [0.2, 0.25) is 0 Å². The van der Waals surface area contributed by atoms with Crippen LogP contribution in [0.5, 0.6) is 0 Å². The molecular formula is C47H36Br4. The van der Waals surface area contributed by atoms with Crippen LogP contribution in [0, 0.1) is 0 Å². The molecule has 9 rings (SSSR count). The molecule has 0 saturated carbocycles. The van der Waals surface area contributed by atoms with E-state index in [0.29, 0.717) is 0 Å². The molecule has 0 saturated heterocycles. The average molecular weight is 920 g/mol. The van der Waals surface area contributed by atoms with Gasteiger partial charge in [0, 0.05) is 24.2 Å². The SMILES string of the molecule is BrCc1ccc(Br)cc1.Brc1ccc(CC2(Cc3ccc(Br)cc3)c3ccccc3-c3ccccc32)cc1.c1ccc2c(c1)Cc1ccccc1-2. The van der Waals surface area contributed by atoms with E-state index < -0.39 is 0 Å². The first-order valence-corrected chi connectivity index (χ1v) is 20.6. The maximum atomic E-state index is 3.58. The maximum Gasteiger partial charge on any atom is 0.0295 e. The molecule has 0 amide bonds. The van der Waals surface area contributed by atoms with Gasteiger partial charge in [-0.25, -0.2) is 0 Å². The second-order valence-corrected chi connectivity index (χ2v) is 16.3. The molecule has 7 aromatic carbocycles. The summed E-state index contributed by atoms with van der Waals surface area (Å²) >= 11 is 13.9. The molecule has 0 aliphatic heterocycles. The molecule has 0 unspecified atom stereocenters. The monoisotopic (exact) mass is 916 g/mol. The van der Waals surface area contributed by atoms with Crippen LogP contribution in [-0.4, -0.2) is 0 Å². The predicted octanol–water partition coefficient (Wildman–Crippen LogP) is 14.6. The average Bonchev–Trinajstić information content (AvgIpc) is 3.68. The molecule has 0 fully saturated rings. The van der Waals surface area contributed by atoms with Crippen LogP contribution in [0.15, 0.2) is 183 Å². The van der Waals surface area contributed by atoms with Crippen molar-refractivity contribution in [3.8, 4) is 22.3 Å². The van der Waals surface area contributed by atoms with E-state index in [4.69, 9.17) is 0 Å². The van der Waals surface area contributed by atoms with E-state index in [1.54, 1.807) is 0 Å². The first kappa shape index (κ1) is 35.8. The minimum atomic E-state index is -0.0746. The maximum absolute atomic E-state index is 3.58. The first-order valence-electron chi connectivity index (χ1n) is 17.1. The third-order valence-electron chi connectivity index (χ3n) is 9.79. The Hall–Kier alpha value is -3.54. The van der Waals surface area contributed by atoms with Crippen LogP contribution in [0.2, 0.25) is 0 Å². The predicted molar refractivity (Wildman–Crippen MR) is 230 cm³/mol. The van der Waals surface area contributed by atoms with Crippen molar-refractivity contribution in [2.24, 2.45) is 0 Å². The van der Waals surface area contributed by atoms with Crippen molar-refractivity contribution in [3.63, 3.8) is 0 Å². The van der Waals surface area contributed by atoms with Crippen molar-refractivity contribution in [1.82, 2.24) is 0 Å². The summed E-state index contributed by atoms with van der Waals surface area (Å²) in [7, 11) is 0. The molecule has 0 radical (unpaired) electrons. The van der Waals surface area contributed by atoms with Gasteiger partial charge in [0.15, 0.2) is 0 Å². The van der Waals surface area contributed by atoms with Gasteiger partial charge in [0.1, 0.15) is 0 Å². The van der Waals surface area contributed by atoms with Gasteiger partial charge in [-0.15, -0.1) is 0 Å². The number of benzene rings is 7. The van der Waals surface area contributed by atoms with E-state index in [1.165, 1.54) is 61.2 Å². The highest BCUT2D eigenvalue weighted by molar-refractivity contribution is 9.11. The lowest BCUT2D eigenvalue weighted by Crippen LogP contribution is -2.31. The normalized spacial score (nSPS) is 12.6. The fourth-order valence-electron chi connectivity index (χ4n) is 7.41. The third kappa shape index (κ3) is 8.10. The Balaban J connectivity index is 0.000000150. The smallest absolute Gasteiger partial charge is 0.0295 e. The van der Waals surface area contributed by atoms with Gasteiger partial charge < -0.3 is 0 Å². The van der Waals surface area contributed by atoms with Gasteiger partial charge in [0.05, 0.1) is 0 Å². The molecule has 252 valence electrons. The van der Waals surface area contributed by atoms with Gasteiger partial charge in [-0.1, -0.05) is 197 Å². The quantitative estimate of drug-likeness (QED) is 0.151. The summed E-state index contributed by atoms with van der Waals surface area (Å²) in [6.45, 7) is 0. The zero-order valence-electron chi connectivity index (χ0n) is 28.0. The largest absolute Gasteiger partial charge is 0.0876 e. The van der Waals surface area contributed by atoms with Crippen LogP contribution < -0.4 is 0 Å². The highest BCUT2D eigenvalue weighted by Gasteiger charge is 2.43. The molecule has 0 bridgehead atoms. The molecule has 0 spiro atoms. The van der Waals surface area contributed by atoms with Gasteiger partial charge in [0.25, 0.3) is 0 Å². The number of rotatable bonds is 5. The molecule has 0 nitrogen and oxygen atoms in total. The molecule has 0 heterocycles. The standard InChI is InChI=1S/C27H20Br2.C13H10.C7H6Br2/c28-21-13-9-19(10-14-21)17-27(18-20-11-15-22(29)16-12-20)25-7-3-1-5-23(25)24-6-2-4-8-26(24)27;1-3-7-12-10(5-1)9-11-6-2-4-8-13(11)12;8-5-6-1-3-7(9)4-2-6/h1-16H,17-18H2;1-8H,9H2;1-4H,5H2. The minimum Gasteiger partial charge on any atom is -0.0876 e. The van der Waals surface area contributed by atoms with Crippen LogP contribution >= 0.6 is 63.7 Å². The summed E-state index contributed by atoms with van der Waals surface area (Å²) in [5.41, 5.74) is 15.3. The molecule has 2 aliphatic rings. The second-order valence-electron chi connectivity index (χ2n) is 13.0. The van der Waals surface area contributed by atoms with Crippen LogP contribution in [0.25, 0.3) is 22.3 Å².